The normalized spacial score (nSPS) is 11.8. The molecule has 3 aromatic carbocycles. The number of non-ortho nitro benzene ring substituents is 1. The molecule has 0 bridgehead atoms. The van der Waals surface area contributed by atoms with Gasteiger partial charge in [-0.05, 0) is 56.0 Å². The average molecular weight is 559 g/mol. The van der Waals surface area contributed by atoms with Crippen molar-refractivity contribution in [3.8, 4) is 5.69 Å². The fraction of sp³-hybridized carbons (Fsp3) is 0.300. The van der Waals surface area contributed by atoms with E-state index in [0.717, 1.165) is 30.4 Å². The fourth-order valence-electron chi connectivity index (χ4n) is 4.45. The number of rotatable bonds is 14. The molecule has 0 fully saturated rings. The SMILES string of the molecule is Cc1cccc(CSc2nnc(C(Cc3ccccc3)NC(=O)CCCCCN)n2-c2ccc([N+](=O)[O-])cc2)c1. The first-order valence-corrected chi connectivity index (χ1v) is 14.3. The van der Waals surface area contributed by atoms with E-state index in [1.54, 1.807) is 12.1 Å². The van der Waals surface area contributed by atoms with Gasteiger partial charge in [-0.15, -0.1) is 10.2 Å². The molecule has 0 aliphatic heterocycles. The molecule has 4 rings (SSSR count). The third kappa shape index (κ3) is 8.00. The number of carbonyl (C=O) groups excluding carboxylic acids is 1. The van der Waals surface area contributed by atoms with Crippen LogP contribution < -0.4 is 11.1 Å². The van der Waals surface area contributed by atoms with Crippen LogP contribution in [0, 0.1) is 17.0 Å². The van der Waals surface area contributed by atoms with Crippen molar-refractivity contribution in [2.24, 2.45) is 5.73 Å². The van der Waals surface area contributed by atoms with Crippen LogP contribution >= 0.6 is 11.8 Å². The van der Waals surface area contributed by atoms with E-state index in [2.05, 4.69) is 40.6 Å². The van der Waals surface area contributed by atoms with Crippen LogP contribution in [0.1, 0.15) is 54.2 Å². The van der Waals surface area contributed by atoms with Gasteiger partial charge in [-0.3, -0.25) is 19.5 Å². The maximum absolute atomic E-state index is 13.0. The predicted octanol–water partition coefficient (Wildman–Crippen LogP) is 5.70. The number of amides is 1. The van der Waals surface area contributed by atoms with Crippen molar-refractivity contribution in [3.05, 3.63) is 111 Å². The molecule has 3 N–H and O–H groups in total. The van der Waals surface area contributed by atoms with Crippen LogP contribution in [-0.2, 0) is 17.0 Å². The minimum absolute atomic E-state index is 0.000967. The Morgan fingerprint density at radius 1 is 1.00 bits per heavy atom. The van der Waals surface area contributed by atoms with Crippen molar-refractivity contribution < 1.29 is 9.72 Å². The standard InChI is InChI=1S/C30H34N6O3S/c1-22-9-8-12-24(19-22)21-40-30-34-33-29(35(30)25-14-16-26(17-15-25)36(38)39)27(20-23-10-4-2-5-11-23)32-28(37)13-6-3-7-18-31/h2,4-5,8-12,14-17,19,27H,3,6-7,13,18,20-21,31H2,1H3,(H,32,37). The molecular formula is C30H34N6O3S. The molecule has 1 unspecified atom stereocenters. The van der Waals surface area contributed by atoms with Gasteiger partial charge in [-0.2, -0.15) is 0 Å². The van der Waals surface area contributed by atoms with Gasteiger partial charge in [0, 0.05) is 30.0 Å². The molecule has 0 aliphatic carbocycles. The number of hydrogen-bond donors (Lipinski definition) is 2. The van der Waals surface area contributed by atoms with Gasteiger partial charge < -0.3 is 11.1 Å². The zero-order valence-electron chi connectivity index (χ0n) is 22.5. The van der Waals surface area contributed by atoms with Crippen molar-refractivity contribution in [2.45, 2.75) is 56.0 Å². The fourth-order valence-corrected chi connectivity index (χ4v) is 5.35. The van der Waals surface area contributed by atoms with E-state index in [1.807, 2.05) is 41.0 Å². The van der Waals surface area contributed by atoms with E-state index in [-0.39, 0.29) is 11.6 Å². The highest BCUT2D eigenvalue weighted by atomic mass is 32.2. The van der Waals surface area contributed by atoms with Gasteiger partial charge >= 0.3 is 0 Å². The topological polar surface area (TPSA) is 129 Å². The van der Waals surface area contributed by atoms with E-state index >= 15 is 0 Å². The van der Waals surface area contributed by atoms with Crippen LogP contribution in [0.15, 0.2) is 84.0 Å². The summed E-state index contributed by atoms with van der Waals surface area (Å²) in [5, 5.41) is 24.2. The number of aromatic nitrogens is 3. The molecule has 0 spiro atoms. The molecule has 208 valence electrons. The third-order valence-electron chi connectivity index (χ3n) is 6.47. The molecule has 0 aliphatic rings. The van der Waals surface area contributed by atoms with Gasteiger partial charge in [0.2, 0.25) is 5.91 Å². The molecule has 4 aromatic rings. The zero-order chi connectivity index (χ0) is 28.3. The van der Waals surface area contributed by atoms with Crippen LogP contribution in [0.2, 0.25) is 0 Å². The van der Waals surface area contributed by atoms with Gasteiger partial charge in [0.15, 0.2) is 11.0 Å². The lowest BCUT2D eigenvalue weighted by atomic mass is 10.0. The number of nitrogens with one attached hydrogen (secondary N) is 1. The molecule has 10 heteroatoms. The quantitative estimate of drug-likeness (QED) is 0.0879. The number of hydrogen-bond acceptors (Lipinski definition) is 7. The van der Waals surface area contributed by atoms with Crippen LogP contribution in [0.4, 0.5) is 5.69 Å². The Balaban J connectivity index is 1.69. The highest BCUT2D eigenvalue weighted by Gasteiger charge is 2.25. The molecule has 1 atom stereocenters. The lowest BCUT2D eigenvalue weighted by Crippen LogP contribution is -2.32. The number of thioether (sulfide) groups is 1. The van der Waals surface area contributed by atoms with E-state index < -0.39 is 11.0 Å². The number of nitro groups is 1. The molecular weight excluding hydrogens is 524 g/mol. The second-order valence-corrected chi connectivity index (χ2v) is 10.6. The van der Waals surface area contributed by atoms with Gasteiger partial charge in [0.05, 0.1) is 11.0 Å². The number of carbonyl (C=O) groups is 1. The minimum atomic E-state index is -0.458. The number of nitro benzene ring substituents is 1. The maximum atomic E-state index is 13.0. The number of benzene rings is 3. The summed E-state index contributed by atoms with van der Waals surface area (Å²) in [5.74, 6) is 1.17. The lowest BCUT2D eigenvalue weighted by molar-refractivity contribution is -0.384. The van der Waals surface area contributed by atoms with Crippen LogP contribution in [0.5, 0.6) is 0 Å². The molecule has 1 heterocycles. The number of aryl methyl sites for hydroxylation is 1. The monoisotopic (exact) mass is 558 g/mol. The Hall–Kier alpha value is -4.02. The average Bonchev–Trinajstić information content (AvgIpc) is 3.38. The summed E-state index contributed by atoms with van der Waals surface area (Å²) in [7, 11) is 0. The van der Waals surface area contributed by atoms with Gasteiger partial charge in [0.25, 0.3) is 5.69 Å². The van der Waals surface area contributed by atoms with E-state index in [4.69, 9.17) is 5.73 Å². The lowest BCUT2D eigenvalue weighted by Gasteiger charge is -2.20. The molecule has 0 saturated heterocycles. The molecule has 1 aromatic heterocycles. The number of nitrogens with two attached hydrogens (primary N) is 1. The summed E-state index contributed by atoms with van der Waals surface area (Å²) < 4.78 is 1.90. The predicted molar refractivity (Wildman–Crippen MR) is 157 cm³/mol. The van der Waals surface area contributed by atoms with Crippen molar-refractivity contribution in [1.82, 2.24) is 20.1 Å². The number of unbranched alkanes of at least 4 members (excludes halogenated alkanes) is 2. The zero-order valence-corrected chi connectivity index (χ0v) is 23.3. The second kappa shape index (κ2) is 14.4. The Bertz CT molecular complexity index is 1410. The molecule has 9 nitrogen and oxygen atoms in total. The van der Waals surface area contributed by atoms with Crippen molar-refractivity contribution in [2.75, 3.05) is 6.54 Å². The Labute approximate surface area is 238 Å². The first-order chi connectivity index (χ1) is 19.4. The summed E-state index contributed by atoms with van der Waals surface area (Å²) in [6, 6.07) is 24.0. The largest absolute Gasteiger partial charge is 0.346 e. The van der Waals surface area contributed by atoms with Crippen molar-refractivity contribution in [1.29, 1.82) is 0 Å². The Morgan fingerprint density at radius 2 is 1.75 bits per heavy atom. The molecule has 40 heavy (non-hydrogen) atoms. The van der Waals surface area contributed by atoms with E-state index in [1.165, 1.54) is 29.5 Å². The first kappa shape index (κ1) is 29.0. The highest BCUT2D eigenvalue weighted by molar-refractivity contribution is 7.98. The van der Waals surface area contributed by atoms with Crippen LogP contribution in [0.25, 0.3) is 5.69 Å². The minimum Gasteiger partial charge on any atom is -0.346 e. The smallest absolute Gasteiger partial charge is 0.269 e. The Kier molecular flexibility index (Phi) is 10.4. The summed E-state index contributed by atoms with van der Waals surface area (Å²) >= 11 is 1.53. The summed E-state index contributed by atoms with van der Waals surface area (Å²) in [5.41, 5.74) is 9.65. The van der Waals surface area contributed by atoms with Gasteiger partial charge in [0.1, 0.15) is 0 Å². The molecule has 1 amide bonds. The molecule has 0 saturated carbocycles. The van der Waals surface area contributed by atoms with Crippen molar-refractivity contribution >= 4 is 23.4 Å². The summed E-state index contributed by atoms with van der Waals surface area (Å²) in [6.45, 7) is 2.66. The summed E-state index contributed by atoms with van der Waals surface area (Å²) in [6.07, 6.45) is 3.45. The highest BCUT2D eigenvalue weighted by Crippen LogP contribution is 2.30. The first-order valence-electron chi connectivity index (χ1n) is 13.4. The Morgan fingerprint density at radius 3 is 2.45 bits per heavy atom. The molecule has 0 radical (unpaired) electrons. The van der Waals surface area contributed by atoms with E-state index in [0.29, 0.717) is 41.8 Å². The van der Waals surface area contributed by atoms with Crippen LogP contribution in [-0.4, -0.2) is 32.1 Å². The van der Waals surface area contributed by atoms with Gasteiger partial charge in [-0.1, -0.05) is 78.3 Å². The van der Waals surface area contributed by atoms with Crippen LogP contribution in [0.3, 0.4) is 0 Å². The van der Waals surface area contributed by atoms with Crippen molar-refractivity contribution in [3.63, 3.8) is 0 Å². The van der Waals surface area contributed by atoms with E-state index in [9.17, 15) is 14.9 Å². The third-order valence-corrected chi connectivity index (χ3v) is 7.47. The second-order valence-electron chi connectivity index (χ2n) is 9.64. The van der Waals surface area contributed by atoms with Gasteiger partial charge in [-0.25, -0.2) is 0 Å². The summed E-state index contributed by atoms with van der Waals surface area (Å²) in [4.78, 5) is 23.9. The maximum Gasteiger partial charge on any atom is 0.269 e. The number of nitrogens with zero attached hydrogens (tertiary/aromatic N) is 4.